The Labute approximate surface area is 102 Å². The normalized spacial score (nSPS) is 18.2. The van der Waals surface area contributed by atoms with Gasteiger partial charge in [-0.1, -0.05) is 0 Å². The predicted octanol–water partition coefficient (Wildman–Crippen LogP) is 0.933. The summed E-state index contributed by atoms with van der Waals surface area (Å²) in [6, 6.07) is 2.19. The molecular weight excluding hydrogens is 216 g/mol. The average molecular weight is 234 g/mol. The zero-order valence-electron chi connectivity index (χ0n) is 10.4. The number of piperazine rings is 1. The minimum absolute atomic E-state index is 0.533. The summed E-state index contributed by atoms with van der Waals surface area (Å²) in [5, 5.41) is 8.62. The molecule has 0 bridgehead atoms. The first kappa shape index (κ1) is 12.1. The van der Waals surface area contributed by atoms with Crippen molar-refractivity contribution in [2.24, 2.45) is 0 Å². The summed E-state index contributed by atoms with van der Waals surface area (Å²) in [5.41, 5.74) is 0.975. The standard InChI is InChI=1S/C12H18N4O/c1-10-11(2)17-12(14-10)9-16-7-5-15(4-3-13)6-8-16/h4-9H2,1-2H3. The highest BCUT2D eigenvalue weighted by atomic mass is 16.4. The molecule has 0 atom stereocenters. The van der Waals surface area contributed by atoms with Crippen LogP contribution in [0, 0.1) is 25.2 Å². The third-order valence-corrected chi connectivity index (χ3v) is 3.19. The molecule has 0 amide bonds. The summed E-state index contributed by atoms with van der Waals surface area (Å²) in [7, 11) is 0. The first-order chi connectivity index (χ1) is 8.19. The predicted molar refractivity (Wildman–Crippen MR) is 63.3 cm³/mol. The SMILES string of the molecule is Cc1nc(CN2CCN(CC#N)CC2)oc1C. The van der Waals surface area contributed by atoms with Crippen LogP contribution in [0.25, 0.3) is 0 Å². The Morgan fingerprint density at radius 2 is 1.88 bits per heavy atom. The lowest BCUT2D eigenvalue weighted by atomic mass is 10.3. The van der Waals surface area contributed by atoms with Crippen molar-refractivity contribution < 1.29 is 4.42 Å². The van der Waals surface area contributed by atoms with Crippen molar-refractivity contribution in [2.75, 3.05) is 32.7 Å². The molecule has 0 unspecified atom stereocenters. The zero-order valence-corrected chi connectivity index (χ0v) is 10.4. The van der Waals surface area contributed by atoms with Crippen LogP contribution in [0.3, 0.4) is 0 Å². The summed E-state index contributed by atoms with van der Waals surface area (Å²) in [6.07, 6.45) is 0. The van der Waals surface area contributed by atoms with Gasteiger partial charge in [0, 0.05) is 26.2 Å². The Hall–Kier alpha value is -1.38. The van der Waals surface area contributed by atoms with Crippen LogP contribution in [0.4, 0.5) is 0 Å². The van der Waals surface area contributed by atoms with Crippen LogP contribution >= 0.6 is 0 Å². The number of hydrogen-bond acceptors (Lipinski definition) is 5. The van der Waals surface area contributed by atoms with Gasteiger partial charge >= 0.3 is 0 Å². The number of nitrogens with zero attached hydrogens (tertiary/aromatic N) is 4. The number of hydrogen-bond donors (Lipinski definition) is 0. The monoisotopic (exact) mass is 234 g/mol. The third-order valence-electron chi connectivity index (χ3n) is 3.19. The summed E-state index contributed by atoms with van der Waals surface area (Å²) in [6.45, 7) is 9.06. The van der Waals surface area contributed by atoms with Gasteiger partial charge in [0.25, 0.3) is 0 Å². The smallest absolute Gasteiger partial charge is 0.208 e. The molecule has 2 rings (SSSR count). The molecule has 5 heteroatoms. The molecule has 1 aromatic heterocycles. The molecule has 17 heavy (non-hydrogen) atoms. The van der Waals surface area contributed by atoms with E-state index in [4.69, 9.17) is 9.68 Å². The zero-order chi connectivity index (χ0) is 12.3. The van der Waals surface area contributed by atoms with E-state index >= 15 is 0 Å². The maximum Gasteiger partial charge on any atom is 0.208 e. The molecule has 0 saturated carbocycles. The first-order valence-corrected chi connectivity index (χ1v) is 5.93. The van der Waals surface area contributed by atoms with E-state index in [1.807, 2.05) is 13.8 Å². The van der Waals surface area contributed by atoms with E-state index in [0.29, 0.717) is 6.54 Å². The number of rotatable bonds is 3. The summed E-state index contributed by atoms with van der Waals surface area (Å²) >= 11 is 0. The summed E-state index contributed by atoms with van der Waals surface area (Å²) in [4.78, 5) is 8.87. The maximum atomic E-state index is 8.62. The molecule has 92 valence electrons. The fourth-order valence-electron chi connectivity index (χ4n) is 2.00. The molecule has 0 radical (unpaired) electrons. The molecule has 0 aromatic carbocycles. The van der Waals surface area contributed by atoms with Gasteiger partial charge in [-0.05, 0) is 13.8 Å². The third kappa shape index (κ3) is 3.05. The van der Waals surface area contributed by atoms with E-state index in [2.05, 4.69) is 20.9 Å². The summed E-state index contributed by atoms with van der Waals surface area (Å²) < 4.78 is 5.57. The van der Waals surface area contributed by atoms with Gasteiger partial charge in [0.05, 0.1) is 24.9 Å². The van der Waals surface area contributed by atoms with E-state index in [1.54, 1.807) is 0 Å². The van der Waals surface area contributed by atoms with E-state index < -0.39 is 0 Å². The van der Waals surface area contributed by atoms with Gasteiger partial charge in [0.2, 0.25) is 5.89 Å². The minimum Gasteiger partial charge on any atom is -0.444 e. The van der Waals surface area contributed by atoms with Crippen LogP contribution in [0.15, 0.2) is 4.42 Å². The molecule has 5 nitrogen and oxygen atoms in total. The Bertz CT molecular complexity index is 393. The molecule has 1 aliphatic heterocycles. The van der Waals surface area contributed by atoms with Crippen LogP contribution in [-0.4, -0.2) is 47.5 Å². The Morgan fingerprint density at radius 3 is 2.41 bits per heavy atom. The highest BCUT2D eigenvalue weighted by Crippen LogP contribution is 2.12. The van der Waals surface area contributed by atoms with E-state index in [9.17, 15) is 0 Å². The Balaban J connectivity index is 1.84. The average Bonchev–Trinajstić information content (AvgIpc) is 2.61. The number of aryl methyl sites for hydroxylation is 2. The number of oxazole rings is 1. The van der Waals surface area contributed by atoms with Crippen molar-refractivity contribution >= 4 is 0 Å². The van der Waals surface area contributed by atoms with Gasteiger partial charge in [-0.25, -0.2) is 4.98 Å². The van der Waals surface area contributed by atoms with Gasteiger partial charge in [0.15, 0.2) is 0 Å². The first-order valence-electron chi connectivity index (χ1n) is 5.93. The second kappa shape index (κ2) is 5.30. The van der Waals surface area contributed by atoms with Crippen molar-refractivity contribution in [1.29, 1.82) is 5.26 Å². The lowest BCUT2D eigenvalue weighted by molar-refractivity contribution is 0.129. The fraction of sp³-hybridized carbons (Fsp3) is 0.667. The lowest BCUT2D eigenvalue weighted by Crippen LogP contribution is -2.45. The molecule has 1 saturated heterocycles. The molecule has 1 aromatic rings. The van der Waals surface area contributed by atoms with Gasteiger partial charge in [-0.15, -0.1) is 0 Å². The van der Waals surface area contributed by atoms with Crippen LogP contribution in [0.1, 0.15) is 17.3 Å². The molecule has 0 spiro atoms. The molecule has 0 aliphatic carbocycles. The second-order valence-electron chi connectivity index (χ2n) is 4.46. The molecule has 0 N–H and O–H groups in total. The van der Waals surface area contributed by atoms with Gasteiger partial charge in [0.1, 0.15) is 5.76 Å². The molecule has 1 aliphatic rings. The number of nitriles is 1. The van der Waals surface area contributed by atoms with Crippen LogP contribution in [0.2, 0.25) is 0 Å². The highest BCUT2D eigenvalue weighted by molar-refractivity contribution is 5.05. The van der Waals surface area contributed by atoms with Gasteiger partial charge in [-0.3, -0.25) is 9.80 Å². The van der Waals surface area contributed by atoms with E-state index in [1.165, 1.54) is 0 Å². The summed E-state index contributed by atoms with van der Waals surface area (Å²) in [5.74, 6) is 1.71. The van der Waals surface area contributed by atoms with Crippen LogP contribution < -0.4 is 0 Å². The van der Waals surface area contributed by atoms with Crippen LogP contribution in [0.5, 0.6) is 0 Å². The van der Waals surface area contributed by atoms with Crippen molar-refractivity contribution in [3.05, 3.63) is 17.3 Å². The Kier molecular flexibility index (Phi) is 3.77. The lowest BCUT2D eigenvalue weighted by Gasteiger charge is -2.32. The largest absolute Gasteiger partial charge is 0.444 e. The number of aromatic nitrogens is 1. The van der Waals surface area contributed by atoms with Crippen molar-refractivity contribution in [2.45, 2.75) is 20.4 Å². The highest BCUT2D eigenvalue weighted by Gasteiger charge is 2.18. The van der Waals surface area contributed by atoms with E-state index in [0.717, 1.165) is 50.1 Å². The molecule has 2 heterocycles. The quantitative estimate of drug-likeness (QED) is 0.728. The van der Waals surface area contributed by atoms with Gasteiger partial charge < -0.3 is 4.42 Å². The van der Waals surface area contributed by atoms with E-state index in [-0.39, 0.29) is 0 Å². The van der Waals surface area contributed by atoms with Crippen LogP contribution in [-0.2, 0) is 6.54 Å². The Morgan fingerprint density at radius 1 is 1.24 bits per heavy atom. The molecular formula is C12H18N4O. The fourth-order valence-corrected chi connectivity index (χ4v) is 2.00. The van der Waals surface area contributed by atoms with Crippen molar-refractivity contribution in [3.63, 3.8) is 0 Å². The van der Waals surface area contributed by atoms with Crippen molar-refractivity contribution in [3.8, 4) is 6.07 Å². The van der Waals surface area contributed by atoms with Crippen molar-refractivity contribution in [1.82, 2.24) is 14.8 Å². The maximum absolute atomic E-state index is 8.62. The molecule has 1 fully saturated rings. The second-order valence-corrected chi connectivity index (χ2v) is 4.46. The van der Waals surface area contributed by atoms with Gasteiger partial charge in [-0.2, -0.15) is 5.26 Å². The minimum atomic E-state index is 0.533. The topological polar surface area (TPSA) is 56.3 Å².